The van der Waals surface area contributed by atoms with E-state index in [1.165, 1.54) is 21.2 Å². The first kappa shape index (κ1) is 45.4. The van der Waals surface area contributed by atoms with Crippen molar-refractivity contribution < 1.29 is 32.7 Å². The number of carbonyl (C=O) groups excluding carboxylic acids is 4. The Hall–Kier alpha value is -7.64. The summed E-state index contributed by atoms with van der Waals surface area (Å²) >= 11 is 0. The highest BCUT2D eigenvalue weighted by Crippen LogP contribution is 2.29. The standard InChI is InChI=1S/C49H48F2N8O6/c1-3-52-48(64)54-36-24-22-35(23-25-36)44-42(59-46(62)38(47(63)65-4-2)30-57(49(59)55-44)29-37-39(50)19-11-20-40(37)51)31-56(28-34-16-9-6-10-17-34)32-43(60)58-27-13-21-41(58)45(61)53-26-12-18-33-14-7-5-8-15-33/h5-11,14-17,19-20,22-25,30,41H,3-4,13,21,26-29,31-32H2,1-2H3,(H,53,61)(H2,52,54,64)/t41-/m0/s1. The van der Waals surface area contributed by atoms with Crippen molar-refractivity contribution in [3.8, 4) is 23.1 Å². The van der Waals surface area contributed by atoms with Crippen molar-refractivity contribution in [1.29, 1.82) is 0 Å². The van der Waals surface area contributed by atoms with Gasteiger partial charge >= 0.3 is 12.0 Å². The summed E-state index contributed by atoms with van der Waals surface area (Å²) in [5.74, 6) is 2.65. The number of imidazole rings is 1. The van der Waals surface area contributed by atoms with Crippen LogP contribution in [0.2, 0.25) is 0 Å². The Morgan fingerprint density at radius 3 is 2.28 bits per heavy atom. The molecule has 334 valence electrons. The highest BCUT2D eigenvalue weighted by molar-refractivity contribution is 5.91. The Bertz CT molecular complexity index is 2780. The minimum atomic E-state index is -0.954. The molecule has 0 radical (unpaired) electrons. The molecule has 1 fully saturated rings. The Balaban J connectivity index is 1.30. The van der Waals surface area contributed by atoms with Crippen molar-refractivity contribution in [3.05, 3.63) is 159 Å². The molecule has 2 aromatic heterocycles. The SMILES string of the molecule is CCNC(=O)Nc1ccc(-c2nc3n(Cc4c(F)cccc4F)cc(C(=O)OCC)c(=O)n3c2CN(CC(=O)N2CCC[C@H]2C(=O)NCC#Cc2ccccc2)Cc2ccccc2)cc1. The fourth-order valence-electron chi connectivity index (χ4n) is 7.74. The lowest BCUT2D eigenvalue weighted by atomic mass is 10.1. The summed E-state index contributed by atoms with van der Waals surface area (Å²) < 4.78 is 38.3. The van der Waals surface area contributed by atoms with E-state index in [1.807, 2.05) is 65.6 Å². The summed E-state index contributed by atoms with van der Waals surface area (Å²) in [6.07, 6.45) is 2.25. The number of fused-ring (bicyclic) bond motifs is 1. The van der Waals surface area contributed by atoms with Gasteiger partial charge in [-0.2, -0.15) is 0 Å². The number of likely N-dealkylation sites (tertiary alicyclic amines) is 1. The zero-order chi connectivity index (χ0) is 45.9. The van der Waals surface area contributed by atoms with E-state index in [0.717, 1.165) is 23.3 Å². The molecular formula is C49H48F2N8O6. The first-order valence-electron chi connectivity index (χ1n) is 21.3. The molecule has 4 aromatic carbocycles. The summed E-state index contributed by atoms with van der Waals surface area (Å²) in [5.41, 5.74) is 1.57. The molecule has 1 aliphatic heterocycles. The summed E-state index contributed by atoms with van der Waals surface area (Å²) in [5, 5.41) is 8.28. The van der Waals surface area contributed by atoms with Crippen LogP contribution in [-0.4, -0.2) is 86.4 Å². The highest BCUT2D eigenvalue weighted by Gasteiger charge is 2.35. The Labute approximate surface area is 374 Å². The molecule has 0 aliphatic carbocycles. The number of benzene rings is 4. The lowest BCUT2D eigenvalue weighted by Crippen LogP contribution is -2.49. The van der Waals surface area contributed by atoms with Crippen LogP contribution in [0.25, 0.3) is 17.0 Å². The third-order valence-corrected chi connectivity index (χ3v) is 10.8. The Morgan fingerprint density at radius 2 is 1.58 bits per heavy atom. The second kappa shape index (κ2) is 21.2. The van der Waals surface area contributed by atoms with Crippen LogP contribution in [-0.2, 0) is 34.0 Å². The number of hydrogen-bond donors (Lipinski definition) is 3. The van der Waals surface area contributed by atoms with Crippen LogP contribution in [0.1, 0.15) is 59.4 Å². The molecule has 6 aromatic rings. The molecule has 14 nitrogen and oxygen atoms in total. The molecule has 1 aliphatic rings. The number of urea groups is 1. The molecule has 1 atom stereocenters. The van der Waals surface area contributed by atoms with Crippen LogP contribution in [0.5, 0.6) is 0 Å². The number of ether oxygens (including phenoxy) is 1. The van der Waals surface area contributed by atoms with Gasteiger partial charge in [0.2, 0.25) is 17.6 Å². The van der Waals surface area contributed by atoms with Crippen molar-refractivity contribution in [2.45, 2.75) is 52.4 Å². The zero-order valence-corrected chi connectivity index (χ0v) is 36.0. The van der Waals surface area contributed by atoms with E-state index in [1.54, 1.807) is 43.0 Å². The van der Waals surface area contributed by atoms with Gasteiger partial charge in [-0.1, -0.05) is 78.6 Å². The second-order valence-corrected chi connectivity index (χ2v) is 15.3. The van der Waals surface area contributed by atoms with Gasteiger partial charge in [0.15, 0.2) is 0 Å². The lowest BCUT2D eigenvalue weighted by Gasteiger charge is -2.28. The number of hydrogen-bond acceptors (Lipinski definition) is 8. The van der Waals surface area contributed by atoms with Crippen LogP contribution < -0.4 is 21.5 Å². The number of aromatic nitrogens is 3. The van der Waals surface area contributed by atoms with Gasteiger partial charge < -0.3 is 30.2 Å². The molecule has 0 spiro atoms. The number of nitrogens with zero attached hydrogens (tertiary/aromatic N) is 5. The number of amides is 4. The number of rotatable bonds is 15. The van der Waals surface area contributed by atoms with Gasteiger partial charge in [0.1, 0.15) is 23.2 Å². The fraction of sp³-hybridized carbons (Fsp3) is 0.265. The van der Waals surface area contributed by atoms with E-state index in [4.69, 9.17) is 9.72 Å². The molecular weight excluding hydrogens is 835 g/mol. The van der Waals surface area contributed by atoms with Gasteiger partial charge in [-0.3, -0.25) is 19.3 Å². The number of esters is 1. The monoisotopic (exact) mass is 882 g/mol. The maximum Gasteiger partial charge on any atom is 0.345 e. The Kier molecular flexibility index (Phi) is 14.8. The van der Waals surface area contributed by atoms with E-state index >= 15 is 8.78 Å². The second-order valence-electron chi connectivity index (χ2n) is 15.3. The van der Waals surface area contributed by atoms with Gasteiger partial charge in [-0.25, -0.2) is 27.8 Å². The van der Waals surface area contributed by atoms with Crippen LogP contribution in [0, 0.1) is 23.5 Å². The summed E-state index contributed by atoms with van der Waals surface area (Å²) in [4.78, 5) is 76.6. The van der Waals surface area contributed by atoms with Gasteiger partial charge in [-0.05, 0) is 68.7 Å². The molecule has 7 rings (SSSR count). The van der Waals surface area contributed by atoms with Crippen molar-refractivity contribution in [1.82, 2.24) is 34.4 Å². The van der Waals surface area contributed by atoms with Gasteiger partial charge in [0.25, 0.3) is 5.56 Å². The largest absolute Gasteiger partial charge is 0.462 e. The van der Waals surface area contributed by atoms with E-state index in [9.17, 15) is 24.0 Å². The van der Waals surface area contributed by atoms with Crippen LogP contribution in [0.3, 0.4) is 0 Å². The van der Waals surface area contributed by atoms with Crippen molar-refractivity contribution >= 4 is 35.3 Å². The number of halogens is 2. The lowest BCUT2D eigenvalue weighted by molar-refractivity contribution is -0.139. The predicted octanol–water partition coefficient (Wildman–Crippen LogP) is 5.97. The molecule has 0 bridgehead atoms. The van der Waals surface area contributed by atoms with Crippen molar-refractivity contribution in [3.63, 3.8) is 0 Å². The molecule has 1 saturated heterocycles. The van der Waals surface area contributed by atoms with Gasteiger partial charge in [-0.15, -0.1) is 0 Å². The first-order valence-corrected chi connectivity index (χ1v) is 21.3. The predicted molar refractivity (Wildman–Crippen MR) is 241 cm³/mol. The third-order valence-electron chi connectivity index (χ3n) is 10.8. The zero-order valence-electron chi connectivity index (χ0n) is 36.0. The average Bonchev–Trinajstić information content (AvgIpc) is 3.95. The van der Waals surface area contributed by atoms with Gasteiger partial charge in [0, 0.05) is 54.8 Å². The molecule has 0 unspecified atom stereocenters. The van der Waals surface area contributed by atoms with Crippen molar-refractivity contribution in [2.75, 3.05) is 38.1 Å². The van der Waals surface area contributed by atoms with Crippen molar-refractivity contribution in [2.24, 2.45) is 0 Å². The van der Waals surface area contributed by atoms with E-state index < -0.39 is 47.3 Å². The third kappa shape index (κ3) is 10.9. The number of nitrogens with one attached hydrogen (secondary N) is 3. The molecule has 3 heterocycles. The van der Waals surface area contributed by atoms with E-state index in [0.29, 0.717) is 37.2 Å². The molecule has 16 heteroatoms. The summed E-state index contributed by atoms with van der Waals surface area (Å²) in [6.45, 7) is 3.63. The van der Waals surface area contributed by atoms with Crippen LogP contribution in [0.4, 0.5) is 19.3 Å². The number of anilines is 1. The minimum Gasteiger partial charge on any atom is -0.462 e. The molecule has 0 saturated carbocycles. The topological polar surface area (TPSA) is 159 Å². The van der Waals surface area contributed by atoms with Crippen LogP contribution in [0.15, 0.2) is 114 Å². The normalized spacial score (nSPS) is 13.3. The van der Waals surface area contributed by atoms with Crippen LogP contribution >= 0.6 is 0 Å². The average molecular weight is 883 g/mol. The van der Waals surface area contributed by atoms with E-state index in [-0.39, 0.29) is 67.3 Å². The molecule has 4 amide bonds. The minimum absolute atomic E-state index is 0.0437. The number of carbonyl (C=O) groups is 4. The summed E-state index contributed by atoms with van der Waals surface area (Å²) in [6, 6.07) is 27.8. The summed E-state index contributed by atoms with van der Waals surface area (Å²) in [7, 11) is 0. The van der Waals surface area contributed by atoms with Gasteiger partial charge in [0.05, 0.1) is 37.6 Å². The maximum atomic E-state index is 15.2. The Morgan fingerprint density at radius 1 is 0.877 bits per heavy atom. The quantitative estimate of drug-likeness (QED) is 0.0842. The fourth-order valence-corrected chi connectivity index (χ4v) is 7.74. The first-order chi connectivity index (χ1) is 31.5. The maximum absolute atomic E-state index is 15.2. The smallest absolute Gasteiger partial charge is 0.345 e. The van der Waals surface area contributed by atoms with E-state index in [2.05, 4.69) is 27.8 Å². The highest BCUT2D eigenvalue weighted by atomic mass is 19.1. The molecule has 65 heavy (non-hydrogen) atoms. The molecule has 3 N–H and O–H groups in total.